The molecule has 3 aromatic rings. The Balaban J connectivity index is 1.79. The Bertz CT molecular complexity index is 1010. The Morgan fingerprint density at radius 3 is 2.50 bits per heavy atom. The molecule has 1 aromatic carbocycles. The summed E-state index contributed by atoms with van der Waals surface area (Å²) < 4.78 is 35.5. The van der Waals surface area contributed by atoms with Crippen LogP contribution in [-0.2, 0) is 15.6 Å². The Morgan fingerprint density at radius 2 is 1.85 bits per heavy atom. The third-order valence-corrected chi connectivity index (χ3v) is 5.86. The minimum atomic E-state index is -3.65. The summed E-state index contributed by atoms with van der Waals surface area (Å²) in [5, 5.41) is 6.72. The maximum Gasteiger partial charge on any atom is 0.244 e. The van der Waals surface area contributed by atoms with Crippen molar-refractivity contribution < 1.29 is 17.5 Å². The molecule has 0 fully saturated rings. The maximum atomic E-state index is 12.6. The fourth-order valence-electron chi connectivity index (χ4n) is 2.31. The largest absolute Gasteiger partial charge is 0.338 e. The molecule has 0 aliphatic rings. The lowest BCUT2D eigenvalue weighted by atomic mass is 10.1. The minimum Gasteiger partial charge on any atom is -0.338 e. The van der Waals surface area contributed by atoms with Crippen LogP contribution in [0.5, 0.6) is 0 Å². The number of aryl methyl sites for hydroxylation is 1. The van der Waals surface area contributed by atoms with Crippen molar-refractivity contribution in [2.24, 2.45) is 0 Å². The van der Waals surface area contributed by atoms with Crippen LogP contribution in [0.1, 0.15) is 55.1 Å². The van der Waals surface area contributed by atoms with Gasteiger partial charge in [-0.15, -0.1) is 0 Å². The van der Waals surface area contributed by atoms with Crippen LogP contribution in [0.3, 0.4) is 0 Å². The number of benzene rings is 1. The van der Waals surface area contributed by atoms with Crippen molar-refractivity contribution in [3.63, 3.8) is 0 Å². The number of nitrogens with zero attached hydrogens (tertiary/aromatic N) is 4. The highest BCUT2D eigenvalue weighted by Crippen LogP contribution is 2.26. The topological polar surface area (TPSA) is 112 Å². The van der Waals surface area contributed by atoms with Crippen molar-refractivity contribution in [2.45, 2.75) is 44.6 Å². The second-order valence-corrected chi connectivity index (χ2v) is 8.80. The van der Waals surface area contributed by atoms with Gasteiger partial charge in [-0.05, 0) is 19.9 Å². The van der Waals surface area contributed by atoms with Crippen LogP contribution in [-0.4, -0.2) is 28.7 Å². The maximum absolute atomic E-state index is 12.6. The van der Waals surface area contributed by atoms with Gasteiger partial charge in [-0.25, -0.2) is 8.42 Å². The van der Waals surface area contributed by atoms with Gasteiger partial charge in [0.25, 0.3) is 0 Å². The summed E-state index contributed by atoms with van der Waals surface area (Å²) in [6.07, 6.45) is 0. The Morgan fingerprint density at radius 1 is 1.08 bits per heavy atom. The second-order valence-electron chi connectivity index (χ2n) is 6.48. The highest BCUT2D eigenvalue weighted by Gasteiger charge is 2.30. The fraction of sp³-hybridized carbons (Fsp3) is 0.412. The minimum absolute atomic E-state index is 0.0250. The van der Waals surface area contributed by atoms with Gasteiger partial charge in [-0.3, -0.25) is 0 Å². The summed E-state index contributed by atoms with van der Waals surface area (Å²) in [6.45, 7) is 7.26. The van der Waals surface area contributed by atoms with Crippen molar-refractivity contribution in [1.29, 1.82) is 0 Å². The number of rotatable bonds is 6. The van der Waals surface area contributed by atoms with Gasteiger partial charge >= 0.3 is 0 Å². The van der Waals surface area contributed by atoms with Crippen LogP contribution in [0.15, 0.2) is 33.3 Å². The van der Waals surface area contributed by atoms with E-state index in [0.29, 0.717) is 11.6 Å². The van der Waals surface area contributed by atoms with E-state index in [0.717, 1.165) is 11.1 Å². The molecule has 1 atom stereocenters. The Kier molecular flexibility index (Phi) is 4.90. The molecule has 0 N–H and O–H groups in total. The quantitative estimate of drug-likeness (QED) is 0.644. The lowest BCUT2D eigenvalue weighted by Crippen LogP contribution is -2.13. The monoisotopic (exact) mass is 376 g/mol. The summed E-state index contributed by atoms with van der Waals surface area (Å²) >= 11 is 0. The van der Waals surface area contributed by atoms with Gasteiger partial charge < -0.3 is 9.05 Å². The first kappa shape index (κ1) is 18.2. The Hall–Kier alpha value is -2.55. The molecule has 2 heterocycles. The van der Waals surface area contributed by atoms with Gasteiger partial charge in [0.15, 0.2) is 15.7 Å². The third-order valence-electron chi connectivity index (χ3n) is 3.93. The molecule has 0 aliphatic carbocycles. The predicted molar refractivity (Wildman–Crippen MR) is 93.9 cm³/mol. The van der Waals surface area contributed by atoms with Gasteiger partial charge in [0.2, 0.25) is 17.6 Å². The van der Waals surface area contributed by atoms with Gasteiger partial charge in [0, 0.05) is 11.5 Å². The van der Waals surface area contributed by atoms with E-state index < -0.39 is 20.8 Å². The smallest absolute Gasteiger partial charge is 0.244 e. The first-order valence-electron chi connectivity index (χ1n) is 8.21. The van der Waals surface area contributed by atoms with E-state index in [9.17, 15) is 8.42 Å². The van der Waals surface area contributed by atoms with Crippen molar-refractivity contribution in [3.8, 4) is 11.4 Å². The zero-order valence-corrected chi connectivity index (χ0v) is 15.8. The van der Waals surface area contributed by atoms with Crippen molar-refractivity contribution in [3.05, 3.63) is 47.4 Å². The van der Waals surface area contributed by atoms with Crippen LogP contribution in [0.2, 0.25) is 0 Å². The molecule has 1 unspecified atom stereocenters. The van der Waals surface area contributed by atoms with Gasteiger partial charge in [-0.1, -0.05) is 47.9 Å². The highest BCUT2D eigenvalue weighted by atomic mass is 32.2. The molecular weight excluding hydrogens is 356 g/mol. The molecule has 9 heteroatoms. The molecule has 2 aromatic heterocycles. The number of hydrogen-bond acceptors (Lipinski definition) is 8. The molecule has 0 aliphatic heterocycles. The molecule has 0 bridgehead atoms. The van der Waals surface area contributed by atoms with Crippen LogP contribution in [0.4, 0.5) is 0 Å². The number of sulfone groups is 1. The average Bonchev–Trinajstić information content (AvgIpc) is 3.23. The van der Waals surface area contributed by atoms with E-state index in [1.54, 1.807) is 0 Å². The van der Waals surface area contributed by atoms with E-state index in [1.165, 1.54) is 6.92 Å². The standard InChI is InChI=1S/C17H20N4O4S/c1-10(2)15-19-17(25-20-15)12(4)26(22,23)9-14-18-16(21-24-14)13-7-5-6-11(3)8-13/h5-8,10,12H,9H2,1-4H3. The molecule has 0 saturated carbocycles. The molecule has 3 rings (SSSR count). The lowest BCUT2D eigenvalue weighted by molar-refractivity contribution is 0.367. The molecule has 0 radical (unpaired) electrons. The van der Waals surface area contributed by atoms with Crippen molar-refractivity contribution >= 4 is 9.84 Å². The number of aromatic nitrogens is 4. The van der Waals surface area contributed by atoms with Crippen molar-refractivity contribution in [1.82, 2.24) is 20.3 Å². The molecule has 138 valence electrons. The van der Waals surface area contributed by atoms with Crippen LogP contribution < -0.4 is 0 Å². The molecule has 26 heavy (non-hydrogen) atoms. The molecule has 0 saturated heterocycles. The summed E-state index contributed by atoms with van der Waals surface area (Å²) in [7, 11) is -3.65. The molecule has 0 spiro atoms. The fourth-order valence-corrected chi connectivity index (χ4v) is 3.43. The Labute approximate surface area is 151 Å². The SMILES string of the molecule is Cc1cccc(-c2noc(CS(=O)(=O)C(C)c3nc(C(C)C)no3)n2)c1. The zero-order chi connectivity index (χ0) is 18.9. The van der Waals surface area contributed by atoms with Gasteiger partial charge in [0.1, 0.15) is 11.0 Å². The number of hydrogen-bond donors (Lipinski definition) is 0. The summed E-state index contributed by atoms with van der Waals surface area (Å²) in [5.74, 6) is 0.569. The highest BCUT2D eigenvalue weighted by molar-refractivity contribution is 7.90. The average molecular weight is 376 g/mol. The van der Waals surface area contributed by atoms with E-state index in [-0.39, 0.29) is 17.7 Å². The van der Waals surface area contributed by atoms with Gasteiger partial charge in [-0.2, -0.15) is 9.97 Å². The van der Waals surface area contributed by atoms with E-state index >= 15 is 0 Å². The van der Waals surface area contributed by atoms with E-state index in [4.69, 9.17) is 9.05 Å². The van der Waals surface area contributed by atoms with Crippen molar-refractivity contribution in [2.75, 3.05) is 0 Å². The first-order valence-corrected chi connectivity index (χ1v) is 9.92. The zero-order valence-electron chi connectivity index (χ0n) is 15.0. The molecular formula is C17H20N4O4S. The second kappa shape index (κ2) is 6.99. The molecule has 8 nitrogen and oxygen atoms in total. The van der Waals surface area contributed by atoms with E-state index in [1.807, 2.05) is 45.0 Å². The predicted octanol–water partition coefficient (Wildman–Crippen LogP) is 3.23. The lowest BCUT2D eigenvalue weighted by Gasteiger charge is -2.06. The third kappa shape index (κ3) is 3.82. The summed E-state index contributed by atoms with van der Waals surface area (Å²) in [5.41, 5.74) is 1.82. The van der Waals surface area contributed by atoms with E-state index in [2.05, 4.69) is 20.3 Å². The van der Waals surface area contributed by atoms with Gasteiger partial charge in [0.05, 0.1) is 0 Å². The normalized spacial score (nSPS) is 13.3. The van der Waals surface area contributed by atoms with Crippen LogP contribution >= 0.6 is 0 Å². The van der Waals surface area contributed by atoms with Crippen LogP contribution in [0.25, 0.3) is 11.4 Å². The summed E-state index contributed by atoms with van der Waals surface area (Å²) in [4.78, 5) is 8.35. The summed E-state index contributed by atoms with van der Waals surface area (Å²) in [6, 6.07) is 7.57. The molecule has 0 amide bonds. The van der Waals surface area contributed by atoms with Crippen LogP contribution in [0, 0.1) is 6.92 Å². The first-order chi connectivity index (χ1) is 12.3.